The lowest BCUT2D eigenvalue weighted by Crippen LogP contribution is -2.46. The fourth-order valence-corrected chi connectivity index (χ4v) is 4.21. The van der Waals surface area contributed by atoms with Crippen molar-refractivity contribution in [3.8, 4) is 0 Å². The van der Waals surface area contributed by atoms with Crippen molar-refractivity contribution in [1.29, 1.82) is 0 Å². The molecule has 1 amide bonds. The number of Topliss-reactive ketones (excluding diaryl/α,β-unsaturated/α-hetero) is 1. The van der Waals surface area contributed by atoms with Gasteiger partial charge in [-0.1, -0.05) is 56.3 Å². The van der Waals surface area contributed by atoms with Gasteiger partial charge in [0.15, 0.2) is 5.78 Å². The fraction of sp³-hybridized carbons (Fsp3) is 0.375. The number of carbonyl (C=O) groups is 3. The van der Waals surface area contributed by atoms with Gasteiger partial charge in [0.1, 0.15) is 6.04 Å². The van der Waals surface area contributed by atoms with Gasteiger partial charge in [0.25, 0.3) is 0 Å². The molecule has 33 heavy (non-hydrogen) atoms. The zero-order valence-corrected chi connectivity index (χ0v) is 19.8. The molecule has 0 fully saturated rings. The number of hydrogen-bond donors (Lipinski definition) is 2. The molecular weight excluding hydrogens is 444 g/mol. The third-order valence-electron chi connectivity index (χ3n) is 5.39. The molecule has 3 N–H and O–H groups in total. The summed E-state index contributed by atoms with van der Waals surface area (Å²) in [6.45, 7) is 3.75. The van der Waals surface area contributed by atoms with Crippen LogP contribution in [0.3, 0.4) is 0 Å². The zero-order valence-electron chi connectivity index (χ0n) is 19.0. The van der Waals surface area contributed by atoms with Crippen LogP contribution in [0.2, 0.25) is 0 Å². The van der Waals surface area contributed by atoms with E-state index in [1.807, 2.05) is 44.2 Å². The standard InChI is InChI=1S/C24H30N2O6S/c1-16(2)12-21(24(29)30)26(3)23(28)19(13-17-8-5-4-6-9-17)15-22(27)18-10-7-11-20(14-18)33(25,31)32/h4-11,14,16,19,21H,12-13,15H2,1-3H3,(H,29,30)(H2,25,31,32)/t19?,21-/m1/s1. The quantitative estimate of drug-likeness (QED) is 0.481. The molecule has 0 spiro atoms. The molecule has 0 aliphatic heterocycles. The van der Waals surface area contributed by atoms with E-state index in [-0.39, 0.29) is 35.6 Å². The Morgan fingerprint density at radius 2 is 1.67 bits per heavy atom. The number of benzene rings is 2. The monoisotopic (exact) mass is 474 g/mol. The second-order valence-corrected chi connectivity index (χ2v) is 10.1. The third-order valence-corrected chi connectivity index (χ3v) is 6.30. The van der Waals surface area contributed by atoms with Crippen molar-refractivity contribution in [2.75, 3.05) is 7.05 Å². The molecule has 2 aromatic rings. The maximum atomic E-state index is 13.4. The summed E-state index contributed by atoms with van der Waals surface area (Å²) >= 11 is 0. The van der Waals surface area contributed by atoms with E-state index in [1.165, 1.54) is 36.2 Å². The van der Waals surface area contributed by atoms with E-state index >= 15 is 0 Å². The summed E-state index contributed by atoms with van der Waals surface area (Å²) in [5.74, 6) is -2.76. The van der Waals surface area contributed by atoms with Crippen LogP contribution >= 0.6 is 0 Å². The Balaban J connectivity index is 2.35. The number of aliphatic carboxylic acids is 1. The maximum Gasteiger partial charge on any atom is 0.326 e. The molecule has 0 radical (unpaired) electrons. The highest BCUT2D eigenvalue weighted by Crippen LogP contribution is 2.22. The lowest BCUT2D eigenvalue weighted by molar-refractivity contribution is -0.151. The normalized spacial score (nSPS) is 13.4. The average molecular weight is 475 g/mol. The molecule has 0 saturated heterocycles. The number of carboxylic acids is 1. The first-order valence-electron chi connectivity index (χ1n) is 10.6. The summed E-state index contributed by atoms with van der Waals surface area (Å²) in [5.41, 5.74) is 0.943. The highest BCUT2D eigenvalue weighted by Gasteiger charge is 2.33. The number of primary sulfonamides is 1. The van der Waals surface area contributed by atoms with E-state index in [4.69, 9.17) is 5.14 Å². The number of ketones is 1. The van der Waals surface area contributed by atoms with E-state index in [0.717, 1.165) is 5.56 Å². The van der Waals surface area contributed by atoms with Crippen LogP contribution in [-0.4, -0.2) is 49.2 Å². The minimum atomic E-state index is -3.99. The van der Waals surface area contributed by atoms with E-state index in [0.29, 0.717) is 0 Å². The van der Waals surface area contributed by atoms with Crippen molar-refractivity contribution in [3.05, 3.63) is 65.7 Å². The Morgan fingerprint density at radius 1 is 1.03 bits per heavy atom. The Hall–Kier alpha value is -3.04. The summed E-state index contributed by atoms with van der Waals surface area (Å²) in [6, 6.07) is 13.5. The number of sulfonamides is 1. The highest BCUT2D eigenvalue weighted by atomic mass is 32.2. The van der Waals surface area contributed by atoms with Gasteiger partial charge in [0.05, 0.1) is 4.90 Å². The summed E-state index contributed by atoms with van der Waals surface area (Å²) in [7, 11) is -2.55. The van der Waals surface area contributed by atoms with Gasteiger partial charge < -0.3 is 10.0 Å². The number of rotatable bonds is 11. The van der Waals surface area contributed by atoms with Crippen molar-refractivity contribution < 1.29 is 27.9 Å². The Labute approximate surface area is 194 Å². The third kappa shape index (κ3) is 7.50. The second kappa shape index (κ2) is 11.2. The first kappa shape index (κ1) is 26.2. The number of nitrogens with two attached hydrogens (primary N) is 1. The number of amides is 1. The van der Waals surface area contributed by atoms with Crippen LogP contribution in [0.1, 0.15) is 42.6 Å². The van der Waals surface area contributed by atoms with E-state index < -0.39 is 39.6 Å². The Morgan fingerprint density at radius 3 is 2.21 bits per heavy atom. The van der Waals surface area contributed by atoms with E-state index in [9.17, 15) is 27.9 Å². The lowest BCUT2D eigenvalue weighted by Gasteiger charge is -2.29. The molecule has 1 unspecified atom stereocenters. The highest BCUT2D eigenvalue weighted by molar-refractivity contribution is 7.89. The van der Waals surface area contributed by atoms with Crippen molar-refractivity contribution in [2.24, 2.45) is 17.0 Å². The number of carboxylic acid groups (broad SMARTS) is 1. The molecule has 9 heteroatoms. The molecule has 8 nitrogen and oxygen atoms in total. The van der Waals surface area contributed by atoms with Crippen LogP contribution in [0, 0.1) is 11.8 Å². The largest absolute Gasteiger partial charge is 0.480 e. The smallest absolute Gasteiger partial charge is 0.326 e. The molecule has 2 rings (SSSR count). The van der Waals surface area contributed by atoms with Crippen LogP contribution in [0.4, 0.5) is 0 Å². The molecule has 0 saturated carbocycles. The maximum absolute atomic E-state index is 13.4. The Bertz CT molecular complexity index is 1100. The average Bonchev–Trinajstić information content (AvgIpc) is 2.76. The van der Waals surface area contributed by atoms with E-state index in [2.05, 4.69) is 0 Å². The molecular formula is C24H30N2O6S. The van der Waals surface area contributed by atoms with Gasteiger partial charge in [-0.2, -0.15) is 0 Å². The molecule has 0 aliphatic rings. The van der Waals surface area contributed by atoms with Gasteiger partial charge >= 0.3 is 5.97 Å². The van der Waals surface area contributed by atoms with Crippen molar-refractivity contribution in [1.82, 2.24) is 4.90 Å². The van der Waals surface area contributed by atoms with Crippen molar-refractivity contribution in [3.63, 3.8) is 0 Å². The lowest BCUT2D eigenvalue weighted by atomic mass is 9.90. The van der Waals surface area contributed by atoms with Crippen molar-refractivity contribution in [2.45, 2.75) is 44.0 Å². The first-order valence-corrected chi connectivity index (χ1v) is 12.1. The van der Waals surface area contributed by atoms with Crippen LogP contribution in [0.5, 0.6) is 0 Å². The minimum absolute atomic E-state index is 0.0523. The molecule has 0 aromatic heterocycles. The van der Waals surface area contributed by atoms with Gasteiger partial charge in [0.2, 0.25) is 15.9 Å². The SMILES string of the molecule is CC(C)C[C@H](C(=O)O)N(C)C(=O)C(CC(=O)c1cccc(S(N)(=O)=O)c1)Cc1ccccc1. The van der Waals surface area contributed by atoms with Gasteiger partial charge in [-0.25, -0.2) is 18.4 Å². The number of nitrogens with zero attached hydrogens (tertiary/aromatic N) is 1. The number of likely N-dealkylation sites (N-methyl/N-ethyl adjacent to an activating group) is 1. The molecule has 178 valence electrons. The van der Waals surface area contributed by atoms with Crippen LogP contribution in [-0.2, 0) is 26.0 Å². The number of carbonyl (C=O) groups excluding carboxylic acids is 2. The summed E-state index contributed by atoms with van der Waals surface area (Å²) in [4.78, 5) is 39.2. The van der Waals surface area contributed by atoms with Crippen LogP contribution in [0.15, 0.2) is 59.5 Å². The molecule has 2 atom stereocenters. The van der Waals surface area contributed by atoms with Gasteiger partial charge in [0, 0.05) is 24.9 Å². The second-order valence-electron chi connectivity index (χ2n) is 8.52. The van der Waals surface area contributed by atoms with Gasteiger partial charge in [-0.3, -0.25) is 9.59 Å². The zero-order chi connectivity index (χ0) is 24.8. The van der Waals surface area contributed by atoms with Gasteiger partial charge in [-0.15, -0.1) is 0 Å². The first-order chi connectivity index (χ1) is 15.4. The predicted octanol–water partition coefficient (Wildman–Crippen LogP) is 2.72. The number of hydrogen-bond acceptors (Lipinski definition) is 5. The van der Waals surface area contributed by atoms with E-state index in [1.54, 1.807) is 0 Å². The molecule has 0 aliphatic carbocycles. The van der Waals surface area contributed by atoms with Crippen LogP contribution < -0.4 is 5.14 Å². The molecule has 0 bridgehead atoms. The Kier molecular flexibility index (Phi) is 8.90. The van der Waals surface area contributed by atoms with Crippen LogP contribution in [0.25, 0.3) is 0 Å². The topological polar surface area (TPSA) is 135 Å². The van der Waals surface area contributed by atoms with Crippen molar-refractivity contribution >= 4 is 27.7 Å². The molecule has 0 heterocycles. The minimum Gasteiger partial charge on any atom is -0.480 e. The summed E-state index contributed by atoms with van der Waals surface area (Å²) in [5, 5.41) is 14.8. The fourth-order valence-electron chi connectivity index (χ4n) is 3.65. The summed E-state index contributed by atoms with van der Waals surface area (Å²) in [6.07, 6.45) is 0.304. The molecule has 2 aromatic carbocycles. The predicted molar refractivity (Wildman–Crippen MR) is 124 cm³/mol. The summed E-state index contributed by atoms with van der Waals surface area (Å²) < 4.78 is 23.3. The van der Waals surface area contributed by atoms with Gasteiger partial charge in [-0.05, 0) is 36.5 Å².